The molecule has 1 aromatic carbocycles. The first kappa shape index (κ1) is 15.9. The minimum Gasteiger partial charge on any atom is -0.478 e. The van der Waals surface area contributed by atoms with Crippen LogP contribution in [0.15, 0.2) is 12.1 Å². The molecule has 20 heavy (non-hydrogen) atoms. The van der Waals surface area contributed by atoms with E-state index < -0.39 is 10.9 Å². The fourth-order valence-corrected chi connectivity index (χ4v) is 1.66. The van der Waals surface area contributed by atoms with Gasteiger partial charge >= 0.3 is 5.97 Å². The molecule has 0 aliphatic carbocycles. The smallest absolute Gasteiger partial charge is 0.336 e. The maximum atomic E-state index is 11.0. The van der Waals surface area contributed by atoms with E-state index in [0.29, 0.717) is 17.8 Å². The first-order chi connectivity index (χ1) is 9.18. The predicted molar refractivity (Wildman–Crippen MR) is 77.4 cm³/mol. The number of nitro groups is 1. The summed E-state index contributed by atoms with van der Waals surface area (Å²) in [6.45, 7) is 8.44. The van der Waals surface area contributed by atoms with Gasteiger partial charge in [0.05, 0.1) is 10.5 Å². The van der Waals surface area contributed by atoms with E-state index >= 15 is 0 Å². The third kappa shape index (κ3) is 3.69. The average molecular weight is 280 g/mol. The topological polar surface area (TPSA) is 92.5 Å². The molecule has 0 aromatic heterocycles. The van der Waals surface area contributed by atoms with Crippen LogP contribution in [0.5, 0.6) is 0 Å². The number of hydrogen-bond acceptors (Lipinski definition) is 4. The molecular formula is C14H20N2O4. The van der Waals surface area contributed by atoms with E-state index in [4.69, 9.17) is 5.11 Å². The van der Waals surface area contributed by atoms with Gasteiger partial charge in [0.1, 0.15) is 0 Å². The molecule has 6 heteroatoms. The Bertz CT molecular complexity index is 538. The van der Waals surface area contributed by atoms with Gasteiger partial charge in [-0.3, -0.25) is 10.1 Å². The lowest BCUT2D eigenvalue weighted by Gasteiger charge is -2.24. The number of carboxylic acid groups (broad SMARTS) is 1. The Morgan fingerprint density at radius 3 is 2.50 bits per heavy atom. The number of nitro benzene ring substituents is 1. The fourth-order valence-electron chi connectivity index (χ4n) is 1.66. The molecule has 0 saturated heterocycles. The summed E-state index contributed by atoms with van der Waals surface area (Å²) in [6.07, 6.45) is 0.944. The Morgan fingerprint density at radius 1 is 1.45 bits per heavy atom. The molecule has 0 heterocycles. The van der Waals surface area contributed by atoms with Crippen LogP contribution < -0.4 is 5.32 Å². The van der Waals surface area contributed by atoms with Gasteiger partial charge in [0.2, 0.25) is 0 Å². The van der Waals surface area contributed by atoms with E-state index in [0.717, 1.165) is 12.5 Å². The number of nitrogens with zero attached hydrogens (tertiary/aromatic N) is 1. The Labute approximate surface area is 118 Å². The summed E-state index contributed by atoms with van der Waals surface area (Å²) >= 11 is 0. The third-order valence-corrected chi connectivity index (χ3v) is 3.54. The lowest BCUT2D eigenvalue weighted by Crippen LogP contribution is -2.22. The highest BCUT2D eigenvalue weighted by Gasteiger charge is 2.21. The summed E-state index contributed by atoms with van der Waals surface area (Å²) in [5.74, 6) is -1.18. The highest BCUT2D eigenvalue weighted by molar-refractivity contribution is 5.90. The van der Waals surface area contributed by atoms with Crippen molar-refractivity contribution in [2.45, 2.75) is 34.1 Å². The first-order valence-electron chi connectivity index (χ1n) is 6.44. The van der Waals surface area contributed by atoms with Gasteiger partial charge in [0.25, 0.3) is 5.69 Å². The van der Waals surface area contributed by atoms with E-state index in [1.54, 1.807) is 6.92 Å². The van der Waals surface area contributed by atoms with E-state index in [1.807, 2.05) is 0 Å². The maximum Gasteiger partial charge on any atom is 0.336 e. The summed E-state index contributed by atoms with van der Waals surface area (Å²) in [5, 5.41) is 23.1. The molecule has 0 aliphatic heterocycles. The van der Waals surface area contributed by atoms with Gasteiger partial charge in [-0.15, -0.1) is 0 Å². The van der Waals surface area contributed by atoms with Crippen molar-refractivity contribution >= 4 is 17.3 Å². The monoisotopic (exact) mass is 280 g/mol. The minimum atomic E-state index is -1.18. The van der Waals surface area contributed by atoms with Crippen molar-refractivity contribution in [1.82, 2.24) is 0 Å². The molecule has 0 saturated carbocycles. The van der Waals surface area contributed by atoms with Crippen molar-refractivity contribution in [2.24, 2.45) is 5.41 Å². The van der Waals surface area contributed by atoms with Crippen molar-refractivity contribution < 1.29 is 14.8 Å². The van der Waals surface area contributed by atoms with Gasteiger partial charge in [-0.05, 0) is 24.8 Å². The zero-order valence-electron chi connectivity index (χ0n) is 12.2. The standard InChI is InChI=1S/C14H20N2O4/c1-5-14(3,4)8-15-11-6-10(13(17)18)7-12(9(11)2)16(19)20/h6-7,15H,5,8H2,1-4H3,(H,17,18). The maximum absolute atomic E-state index is 11.0. The molecule has 0 unspecified atom stereocenters. The van der Waals surface area contributed by atoms with E-state index in [-0.39, 0.29) is 16.7 Å². The van der Waals surface area contributed by atoms with Crippen LogP contribution >= 0.6 is 0 Å². The second kappa shape index (κ2) is 5.90. The molecular weight excluding hydrogens is 260 g/mol. The zero-order chi connectivity index (χ0) is 15.5. The molecule has 0 fully saturated rings. The number of benzene rings is 1. The summed E-state index contributed by atoms with van der Waals surface area (Å²) < 4.78 is 0. The normalized spacial score (nSPS) is 11.2. The number of carbonyl (C=O) groups is 1. The Balaban J connectivity index is 3.18. The fraction of sp³-hybridized carbons (Fsp3) is 0.500. The van der Waals surface area contributed by atoms with Gasteiger partial charge in [-0.2, -0.15) is 0 Å². The van der Waals surface area contributed by atoms with Gasteiger partial charge in [0.15, 0.2) is 0 Å². The van der Waals surface area contributed by atoms with Crippen LogP contribution in [0.25, 0.3) is 0 Å². The average Bonchev–Trinajstić information content (AvgIpc) is 2.36. The molecule has 0 amide bonds. The zero-order valence-corrected chi connectivity index (χ0v) is 12.2. The summed E-state index contributed by atoms with van der Waals surface area (Å²) in [7, 11) is 0. The largest absolute Gasteiger partial charge is 0.478 e. The number of carboxylic acids is 1. The molecule has 0 aliphatic rings. The highest BCUT2D eigenvalue weighted by atomic mass is 16.6. The Kier molecular flexibility index (Phi) is 4.70. The third-order valence-electron chi connectivity index (χ3n) is 3.54. The number of anilines is 1. The van der Waals surface area contributed by atoms with Crippen LogP contribution in [0.3, 0.4) is 0 Å². The number of nitrogens with one attached hydrogen (secondary N) is 1. The van der Waals surface area contributed by atoms with Crippen LogP contribution in [-0.2, 0) is 0 Å². The Morgan fingerprint density at radius 2 is 2.05 bits per heavy atom. The summed E-state index contributed by atoms with van der Waals surface area (Å²) in [6, 6.07) is 2.53. The number of aromatic carboxylic acids is 1. The summed E-state index contributed by atoms with van der Waals surface area (Å²) in [4.78, 5) is 21.5. The van der Waals surface area contributed by atoms with Gasteiger partial charge < -0.3 is 10.4 Å². The molecule has 1 rings (SSSR count). The lowest BCUT2D eigenvalue weighted by molar-refractivity contribution is -0.385. The van der Waals surface area contributed by atoms with E-state index in [2.05, 4.69) is 26.1 Å². The molecule has 0 bridgehead atoms. The lowest BCUT2D eigenvalue weighted by atomic mass is 9.90. The summed E-state index contributed by atoms with van der Waals surface area (Å²) in [5.41, 5.74) is 0.714. The van der Waals surface area contributed by atoms with Gasteiger partial charge in [0, 0.05) is 23.9 Å². The van der Waals surface area contributed by atoms with Crippen LogP contribution in [0.2, 0.25) is 0 Å². The number of rotatable bonds is 6. The molecule has 110 valence electrons. The van der Waals surface area contributed by atoms with E-state index in [1.165, 1.54) is 6.07 Å². The van der Waals surface area contributed by atoms with Crippen LogP contribution in [0, 0.1) is 22.5 Å². The second-order valence-electron chi connectivity index (χ2n) is 5.60. The van der Waals surface area contributed by atoms with Crippen molar-refractivity contribution in [3.63, 3.8) is 0 Å². The molecule has 0 radical (unpaired) electrons. The van der Waals surface area contributed by atoms with Gasteiger partial charge in [-0.25, -0.2) is 4.79 Å². The molecule has 1 aromatic rings. The molecule has 2 N–H and O–H groups in total. The van der Waals surface area contributed by atoms with Crippen molar-refractivity contribution in [1.29, 1.82) is 0 Å². The van der Waals surface area contributed by atoms with Crippen molar-refractivity contribution in [2.75, 3.05) is 11.9 Å². The predicted octanol–water partition coefficient (Wildman–Crippen LogP) is 3.45. The van der Waals surface area contributed by atoms with Crippen LogP contribution in [0.4, 0.5) is 11.4 Å². The van der Waals surface area contributed by atoms with Crippen LogP contribution in [0.1, 0.15) is 43.1 Å². The van der Waals surface area contributed by atoms with E-state index in [9.17, 15) is 14.9 Å². The molecule has 0 spiro atoms. The minimum absolute atomic E-state index is 0.0282. The second-order valence-corrected chi connectivity index (χ2v) is 5.60. The first-order valence-corrected chi connectivity index (χ1v) is 6.44. The van der Waals surface area contributed by atoms with Gasteiger partial charge in [-0.1, -0.05) is 20.8 Å². The quantitative estimate of drug-likeness (QED) is 0.615. The SMILES string of the molecule is CCC(C)(C)CNc1cc(C(=O)O)cc([N+](=O)[O-])c1C. The molecule has 0 atom stereocenters. The molecule has 6 nitrogen and oxygen atoms in total. The Hall–Kier alpha value is -2.11. The highest BCUT2D eigenvalue weighted by Crippen LogP contribution is 2.29. The van der Waals surface area contributed by atoms with Crippen LogP contribution in [-0.4, -0.2) is 22.5 Å². The van der Waals surface area contributed by atoms with Crippen molar-refractivity contribution in [3.05, 3.63) is 33.4 Å². The number of hydrogen-bond donors (Lipinski definition) is 2. The van der Waals surface area contributed by atoms with Crippen molar-refractivity contribution in [3.8, 4) is 0 Å².